The van der Waals surface area contributed by atoms with Crippen molar-refractivity contribution in [2.45, 2.75) is 199 Å². The number of rotatable bonds is 29. The summed E-state index contributed by atoms with van der Waals surface area (Å²) < 4.78 is 0. The predicted octanol–water partition coefficient (Wildman–Crippen LogP) is 10.8. The summed E-state index contributed by atoms with van der Waals surface area (Å²) in [5.74, 6) is -1.02. The number of hydrogen-bond donors (Lipinski definition) is 2. The summed E-state index contributed by atoms with van der Waals surface area (Å²) in [4.78, 5) is 11.7. The normalized spacial score (nSPS) is 13.2. The van der Waals surface area contributed by atoms with Crippen molar-refractivity contribution in [3.63, 3.8) is 0 Å². The first kappa shape index (κ1) is 34.4. The van der Waals surface area contributed by atoms with Gasteiger partial charge in [0.2, 0.25) is 0 Å². The molecule has 0 aliphatic heterocycles. The number of carboxylic acid groups (broad SMARTS) is 1. The number of carboxylic acids is 1. The SMILES string of the molecule is CCCCCCCCCCCCCCCCC(O)(CCCCCCCCCCCCCC)C(=O)O. The molecule has 0 aromatic rings. The summed E-state index contributed by atoms with van der Waals surface area (Å²) >= 11 is 0. The summed E-state index contributed by atoms with van der Waals surface area (Å²) in [6, 6.07) is 0. The minimum Gasteiger partial charge on any atom is -0.479 e. The van der Waals surface area contributed by atoms with Gasteiger partial charge < -0.3 is 10.2 Å². The van der Waals surface area contributed by atoms with Crippen LogP contribution >= 0.6 is 0 Å². The van der Waals surface area contributed by atoms with Crippen LogP contribution < -0.4 is 0 Å². The fraction of sp³-hybridized carbons (Fsp3) is 0.969. The molecule has 0 rings (SSSR count). The minimum atomic E-state index is -1.50. The molecule has 0 fully saturated rings. The Labute approximate surface area is 220 Å². The van der Waals surface area contributed by atoms with Crippen molar-refractivity contribution >= 4 is 5.97 Å². The summed E-state index contributed by atoms with van der Waals surface area (Å²) in [7, 11) is 0. The Morgan fingerprint density at radius 1 is 0.429 bits per heavy atom. The molecule has 0 aliphatic carbocycles. The van der Waals surface area contributed by atoms with E-state index in [0.29, 0.717) is 12.8 Å². The number of hydrogen-bond acceptors (Lipinski definition) is 2. The zero-order valence-electron chi connectivity index (χ0n) is 24.1. The van der Waals surface area contributed by atoms with E-state index in [2.05, 4.69) is 13.8 Å². The number of aliphatic hydroxyl groups is 1. The molecule has 0 aliphatic rings. The first-order chi connectivity index (χ1) is 17.1. The molecule has 0 spiro atoms. The first-order valence-electron chi connectivity index (χ1n) is 16.0. The average Bonchev–Trinajstić information content (AvgIpc) is 2.84. The highest BCUT2D eigenvalue weighted by Crippen LogP contribution is 2.24. The fourth-order valence-electron chi connectivity index (χ4n) is 5.21. The summed E-state index contributed by atoms with van der Waals surface area (Å²) in [6.45, 7) is 4.53. The highest BCUT2D eigenvalue weighted by Gasteiger charge is 2.34. The second kappa shape index (κ2) is 26.5. The quantitative estimate of drug-likeness (QED) is 0.101. The third kappa shape index (κ3) is 23.6. The zero-order valence-corrected chi connectivity index (χ0v) is 24.1. The van der Waals surface area contributed by atoms with Gasteiger partial charge in [-0.15, -0.1) is 0 Å². The van der Waals surface area contributed by atoms with Crippen molar-refractivity contribution in [2.24, 2.45) is 0 Å². The van der Waals surface area contributed by atoms with E-state index in [4.69, 9.17) is 0 Å². The van der Waals surface area contributed by atoms with Crippen LogP contribution in [0.4, 0.5) is 0 Å². The molecule has 3 nitrogen and oxygen atoms in total. The maximum absolute atomic E-state index is 11.7. The second-order valence-corrected chi connectivity index (χ2v) is 11.3. The molecular formula is C32H64O3. The van der Waals surface area contributed by atoms with E-state index in [-0.39, 0.29) is 0 Å². The van der Waals surface area contributed by atoms with Crippen LogP contribution in [0.3, 0.4) is 0 Å². The zero-order chi connectivity index (χ0) is 25.9. The van der Waals surface area contributed by atoms with Gasteiger partial charge in [-0.1, -0.05) is 168 Å². The van der Waals surface area contributed by atoms with Crippen LogP contribution in [0.5, 0.6) is 0 Å². The van der Waals surface area contributed by atoms with Gasteiger partial charge in [0.25, 0.3) is 0 Å². The Kier molecular flexibility index (Phi) is 26.1. The minimum absolute atomic E-state index is 0.415. The maximum Gasteiger partial charge on any atom is 0.335 e. The van der Waals surface area contributed by atoms with Gasteiger partial charge in [-0.2, -0.15) is 0 Å². The van der Waals surface area contributed by atoms with Crippen molar-refractivity contribution in [1.29, 1.82) is 0 Å². The van der Waals surface area contributed by atoms with Gasteiger partial charge in [0.1, 0.15) is 0 Å². The van der Waals surface area contributed by atoms with E-state index in [1.165, 1.54) is 141 Å². The van der Waals surface area contributed by atoms with E-state index < -0.39 is 11.6 Å². The molecule has 0 aromatic heterocycles. The van der Waals surface area contributed by atoms with Gasteiger partial charge in [-0.05, 0) is 25.7 Å². The standard InChI is InChI=1S/C32H64O3/c1-3-5-7-9-11-13-15-17-18-20-22-24-26-28-30-32(35,31(33)34)29-27-25-23-21-19-16-14-12-10-8-6-4-2/h35H,3-30H2,1-2H3,(H,33,34). The second-order valence-electron chi connectivity index (χ2n) is 11.3. The first-order valence-corrected chi connectivity index (χ1v) is 16.0. The number of aliphatic carboxylic acids is 1. The van der Waals surface area contributed by atoms with Gasteiger partial charge in [-0.25, -0.2) is 4.79 Å². The maximum atomic E-state index is 11.7. The Balaban J connectivity index is 3.57. The highest BCUT2D eigenvalue weighted by molar-refractivity contribution is 5.76. The van der Waals surface area contributed by atoms with Crippen molar-refractivity contribution in [2.75, 3.05) is 0 Å². The molecule has 1 unspecified atom stereocenters. The number of unbranched alkanes of at least 4 members (excludes halogenated alkanes) is 24. The van der Waals surface area contributed by atoms with Gasteiger partial charge in [-0.3, -0.25) is 0 Å². The summed E-state index contributed by atoms with van der Waals surface area (Å²) in [5, 5.41) is 20.2. The highest BCUT2D eigenvalue weighted by atomic mass is 16.4. The van der Waals surface area contributed by atoms with Crippen molar-refractivity contribution in [3.8, 4) is 0 Å². The van der Waals surface area contributed by atoms with Crippen LogP contribution in [0.15, 0.2) is 0 Å². The largest absolute Gasteiger partial charge is 0.479 e. The van der Waals surface area contributed by atoms with Gasteiger partial charge >= 0.3 is 5.97 Å². The molecule has 0 saturated heterocycles. The Morgan fingerprint density at radius 2 is 0.629 bits per heavy atom. The molecule has 0 saturated carbocycles. The van der Waals surface area contributed by atoms with E-state index in [1.54, 1.807) is 0 Å². The molecule has 0 amide bonds. The van der Waals surface area contributed by atoms with Crippen LogP contribution in [-0.4, -0.2) is 21.8 Å². The lowest BCUT2D eigenvalue weighted by atomic mass is 9.89. The Bertz CT molecular complexity index is 437. The van der Waals surface area contributed by atoms with Crippen LogP contribution in [0.2, 0.25) is 0 Å². The molecule has 210 valence electrons. The Morgan fingerprint density at radius 3 is 0.829 bits per heavy atom. The lowest BCUT2D eigenvalue weighted by molar-refractivity contribution is -0.160. The van der Waals surface area contributed by atoms with Crippen LogP contribution in [0, 0.1) is 0 Å². The summed E-state index contributed by atoms with van der Waals surface area (Å²) in [5.41, 5.74) is -1.50. The van der Waals surface area contributed by atoms with E-state index >= 15 is 0 Å². The smallest absolute Gasteiger partial charge is 0.335 e. The van der Waals surface area contributed by atoms with Crippen LogP contribution in [-0.2, 0) is 4.79 Å². The molecule has 0 aromatic carbocycles. The third-order valence-corrected chi connectivity index (χ3v) is 7.79. The predicted molar refractivity (Wildman–Crippen MR) is 153 cm³/mol. The van der Waals surface area contributed by atoms with Gasteiger partial charge in [0.05, 0.1) is 0 Å². The molecule has 0 bridgehead atoms. The topological polar surface area (TPSA) is 57.5 Å². The van der Waals surface area contributed by atoms with Crippen molar-refractivity contribution in [1.82, 2.24) is 0 Å². The number of carbonyl (C=O) groups is 1. The molecule has 35 heavy (non-hydrogen) atoms. The van der Waals surface area contributed by atoms with Gasteiger partial charge in [0.15, 0.2) is 5.60 Å². The van der Waals surface area contributed by atoms with Gasteiger partial charge in [0, 0.05) is 0 Å². The molecule has 3 heteroatoms. The van der Waals surface area contributed by atoms with E-state index in [1.807, 2.05) is 0 Å². The van der Waals surface area contributed by atoms with Crippen LogP contribution in [0.1, 0.15) is 194 Å². The molecule has 0 radical (unpaired) electrons. The lowest BCUT2D eigenvalue weighted by Gasteiger charge is -2.23. The van der Waals surface area contributed by atoms with Crippen molar-refractivity contribution in [3.05, 3.63) is 0 Å². The molecule has 0 heterocycles. The molecular weight excluding hydrogens is 432 g/mol. The summed E-state index contributed by atoms with van der Waals surface area (Å²) in [6.07, 6.45) is 34.0. The average molecular weight is 497 g/mol. The molecule has 2 N–H and O–H groups in total. The fourth-order valence-corrected chi connectivity index (χ4v) is 5.21. The van der Waals surface area contributed by atoms with E-state index in [0.717, 1.165) is 25.7 Å². The Hall–Kier alpha value is -0.570. The monoisotopic (exact) mass is 496 g/mol. The molecule has 1 atom stereocenters. The lowest BCUT2D eigenvalue weighted by Crippen LogP contribution is -2.38. The van der Waals surface area contributed by atoms with E-state index in [9.17, 15) is 15.0 Å². The van der Waals surface area contributed by atoms with Crippen molar-refractivity contribution < 1.29 is 15.0 Å². The third-order valence-electron chi connectivity index (χ3n) is 7.79. The van der Waals surface area contributed by atoms with Crippen LogP contribution in [0.25, 0.3) is 0 Å².